The van der Waals surface area contributed by atoms with Crippen LogP contribution in [0.3, 0.4) is 0 Å². The molecule has 0 bridgehead atoms. The Kier molecular flexibility index (Phi) is 5.13. The van der Waals surface area contributed by atoms with E-state index in [4.69, 9.17) is 0 Å². The number of benzene rings is 1. The number of rotatable bonds is 5. The molecule has 1 heterocycles. The maximum atomic E-state index is 12.6. The summed E-state index contributed by atoms with van der Waals surface area (Å²) in [6.45, 7) is 2.19. The Morgan fingerprint density at radius 3 is 2.67 bits per heavy atom. The van der Waals surface area contributed by atoms with Gasteiger partial charge in [-0.1, -0.05) is 28.1 Å². The summed E-state index contributed by atoms with van der Waals surface area (Å²) in [6.07, 6.45) is 2.30. The van der Waals surface area contributed by atoms with Gasteiger partial charge in [0, 0.05) is 36.4 Å². The number of halogens is 1. The highest BCUT2D eigenvalue weighted by atomic mass is 79.9. The maximum absolute atomic E-state index is 12.6. The van der Waals surface area contributed by atoms with Crippen LogP contribution in [-0.2, 0) is 16.4 Å². The zero-order valence-electron chi connectivity index (χ0n) is 12.0. The molecular weight excluding hydrogens is 352 g/mol. The number of pyridine rings is 1. The number of sulfonamides is 1. The summed E-state index contributed by atoms with van der Waals surface area (Å²) in [5.41, 5.74) is 1.62. The molecule has 6 heteroatoms. The monoisotopic (exact) mass is 368 g/mol. The van der Waals surface area contributed by atoms with Gasteiger partial charge in [-0.05, 0) is 36.8 Å². The quantitative estimate of drug-likeness (QED) is 0.814. The second-order valence-corrected chi connectivity index (χ2v) is 7.74. The van der Waals surface area contributed by atoms with Gasteiger partial charge in [-0.25, -0.2) is 12.7 Å². The maximum Gasteiger partial charge on any atom is 0.243 e. The molecule has 2 rings (SSSR count). The molecule has 4 nitrogen and oxygen atoms in total. The number of likely N-dealkylation sites (N-methyl/N-ethyl adjacent to an activating group) is 1. The van der Waals surface area contributed by atoms with Crippen LogP contribution in [-0.4, -0.2) is 31.3 Å². The fourth-order valence-corrected chi connectivity index (χ4v) is 3.89. The molecule has 21 heavy (non-hydrogen) atoms. The number of aryl methyl sites for hydroxylation is 1. The first kappa shape index (κ1) is 16.1. The van der Waals surface area contributed by atoms with Gasteiger partial charge in [0.05, 0.1) is 4.90 Å². The van der Waals surface area contributed by atoms with Crippen LogP contribution >= 0.6 is 15.9 Å². The summed E-state index contributed by atoms with van der Waals surface area (Å²) < 4.78 is 27.3. The smallest absolute Gasteiger partial charge is 0.243 e. The van der Waals surface area contributed by atoms with Crippen LogP contribution in [0.1, 0.15) is 11.3 Å². The van der Waals surface area contributed by atoms with Crippen molar-refractivity contribution < 1.29 is 8.42 Å². The zero-order valence-corrected chi connectivity index (χ0v) is 14.4. The predicted molar refractivity (Wildman–Crippen MR) is 86.6 cm³/mol. The highest BCUT2D eigenvalue weighted by Gasteiger charge is 2.22. The summed E-state index contributed by atoms with van der Waals surface area (Å²) in [7, 11) is -1.89. The zero-order chi connectivity index (χ0) is 15.5. The van der Waals surface area contributed by atoms with Crippen LogP contribution in [0, 0.1) is 6.92 Å². The van der Waals surface area contributed by atoms with Gasteiger partial charge in [0.25, 0.3) is 0 Å². The molecule has 112 valence electrons. The highest BCUT2D eigenvalue weighted by molar-refractivity contribution is 9.10. The van der Waals surface area contributed by atoms with E-state index in [-0.39, 0.29) is 0 Å². The summed E-state index contributed by atoms with van der Waals surface area (Å²) in [4.78, 5) is 4.54. The average Bonchev–Trinajstić information content (AvgIpc) is 2.48. The predicted octanol–water partition coefficient (Wildman–Crippen LogP) is 3.02. The van der Waals surface area contributed by atoms with Gasteiger partial charge in [-0.3, -0.25) is 4.98 Å². The summed E-state index contributed by atoms with van der Waals surface area (Å²) in [6, 6.07) is 10.9. The van der Waals surface area contributed by atoms with Crippen LogP contribution in [0.4, 0.5) is 0 Å². The Morgan fingerprint density at radius 1 is 1.24 bits per heavy atom. The van der Waals surface area contributed by atoms with E-state index in [1.165, 1.54) is 4.31 Å². The lowest BCUT2D eigenvalue weighted by Crippen LogP contribution is -2.29. The first-order valence-corrected chi connectivity index (χ1v) is 8.77. The molecule has 0 saturated heterocycles. The Labute approximate surface area is 134 Å². The van der Waals surface area contributed by atoms with Crippen molar-refractivity contribution in [2.45, 2.75) is 18.2 Å². The van der Waals surface area contributed by atoms with E-state index >= 15 is 0 Å². The molecule has 0 aliphatic carbocycles. The highest BCUT2D eigenvalue weighted by Crippen LogP contribution is 2.23. The van der Waals surface area contributed by atoms with Crippen LogP contribution in [0.2, 0.25) is 0 Å². The minimum absolute atomic E-state index is 0.334. The molecule has 0 aliphatic rings. The van der Waals surface area contributed by atoms with E-state index in [2.05, 4.69) is 20.9 Å². The molecule has 1 aromatic heterocycles. The molecule has 1 aromatic carbocycles. The first-order chi connectivity index (χ1) is 9.91. The van der Waals surface area contributed by atoms with Crippen LogP contribution in [0.15, 0.2) is 52.0 Å². The standard InChI is InChI=1S/C15H17BrN2O2S/c1-12-6-7-13(16)11-15(12)21(19,20)18(2)10-8-14-5-3-4-9-17-14/h3-7,9,11H,8,10H2,1-2H3. The van der Waals surface area contributed by atoms with Crippen molar-refractivity contribution in [3.63, 3.8) is 0 Å². The molecule has 0 atom stereocenters. The van der Waals surface area contributed by atoms with Crippen molar-refractivity contribution in [3.8, 4) is 0 Å². The third-order valence-corrected chi connectivity index (χ3v) is 5.74. The lowest BCUT2D eigenvalue weighted by molar-refractivity contribution is 0.470. The van der Waals surface area contributed by atoms with E-state index < -0.39 is 10.0 Å². The third-order valence-electron chi connectivity index (χ3n) is 3.25. The van der Waals surface area contributed by atoms with E-state index in [1.54, 1.807) is 32.3 Å². The molecule has 0 saturated carbocycles. The average molecular weight is 369 g/mol. The van der Waals surface area contributed by atoms with Gasteiger partial charge in [-0.15, -0.1) is 0 Å². The van der Waals surface area contributed by atoms with Crippen molar-refractivity contribution in [1.29, 1.82) is 0 Å². The number of nitrogens with zero attached hydrogens (tertiary/aromatic N) is 2. The largest absolute Gasteiger partial charge is 0.261 e. The number of hydrogen-bond donors (Lipinski definition) is 0. The van der Waals surface area contributed by atoms with Gasteiger partial charge in [0.1, 0.15) is 0 Å². The SMILES string of the molecule is Cc1ccc(Br)cc1S(=O)(=O)N(C)CCc1ccccn1. The molecule has 0 spiro atoms. The molecule has 0 aliphatic heterocycles. The number of aromatic nitrogens is 1. The van der Waals surface area contributed by atoms with Crippen molar-refractivity contribution in [3.05, 3.63) is 58.3 Å². The first-order valence-electron chi connectivity index (χ1n) is 6.53. The fourth-order valence-electron chi connectivity index (χ4n) is 1.96. The molecule has 0 fully saturated rings. The Morgan fingerprint density at radius 2 is 2.00 bits per heavy atom. The van der Waals surface area contributed by atoms with Crippen LogP contribution in [0.5, 0.6) is 0 Å². The van der Waals surface area contributed by atoms with Crippen molar-refractivity contribution >= 4 is 26.0 Å². The van der Waals surface area contributed by atoms with E-state index in [9.17, 15) is 8.42 Å². The Balaban J connectivity index is 2.17. The fraction of sp³-hybridized carbons (Fsp3) is 0.267. The minimum Gasteiger partial charge on any atom is -0.261 e. The Bertz CT molecular complexity index is 718. The Hall–Kier alpha value is -1.24. The molecule has 0 amide bonds. The van der Waals surface area contributed by atoms with Gasteiger partial charge >= 0.3 is 0 Å². The minimum atomic E-state index is -3.49. The molecular formula is C15H17BrN2O2S. The van der Waals surface area contributed by atoms with Crippen LogP contribution in [0.25, 0.3) is 0 Å². The molecule has 0 N–H and O–H groups in total. The van der Waals surface area contributed by atoms with Crippen LogP contribution < -0.4 is 0 Å². The van der Waals surface area contributed by atoms with Crippen molar-refractivity contribution in [2.75, 3.05) is 13.6 Å². The lowest BCUT2D eigenvalue weighted by Gasteiger charge is -2.18. The van der Waals surface area contributed by atoms with E-state index in [0.717, 1.165) is 15.7 Å². The molecule has 2 aromatic rings. The van der Waals surface area contributed by atoms with Gasteiger partial charge in [-0.2, -0.15) is 0 Å². The summed E-state index contributed by atoms with van der Waals surface area (Å²) >= 11 is 3.32. The van der Waals surface area contributed by atoms with Gasteiger partial charge in [0.15, 0.2) is 0 Å². The summed E-state index contributed by atoms with van der Waals surface area (Å²) in [5, 5.41) is 0. The van der Waals surface area contributed by atoms with Gasteiger partial charge < -0.3 is 0 Å². The topological polar surface area (TPSA) is 50.3 Å². The van der Waals surface area contributed by atoms with Crippen molar-refractivity contribution in [1.82, 2.24) is 9.29 Å². The second-order valence-electron chi connectivity index (χ2n) is 4.81. The summed E-state index contributed by atoms with van der Waals surface area (Å²) in [5.74, 6) is 0. The lowest BCUT2D eigenvalue weighted by atomic mass is 10.2. The van der Waals surface area contributed by atoms with Crippen molar-refractivity contribution in [2.24, 2.45) is 0 Å². The molecule has 0 radical (unpaired) electrons. The molecule has 0 unspecified atom stereocenters. The normalized spacial score (nSPS) is 11.8. The van der Waals surface area contributed by atoms with E-state index in [1.807, 2.05) is 24.3 Å². The van der Waals surface area contributed by atoms with Gasteiger partial charge in [0.2, 0.25) is 10.0 Å². The number of hydrogen-bond acceptors (Lipinski definition) is 3. The van der Waals surface area contributed by atoms with E-state index in [0.29, 0.717) is 17.9 Å². The second kappa shape index (κ2) is 6.68. The third kappa shape index (κ3) is 3.90.